The molecule has 0 radical (unpaired) electrons. The number of aliphatic carboxylic acids is 2. The molecular weight excluding hydrogens is 742 g/mol. The van der Waals surface area contributed by atoms with Crippen molar-refractivity contribution in [2.75, 3.05) is 6.54 Å². The van der Waals surface area contributed by atoms with Gasteiger partial charge in [0.05, 0.1) is 24.9 Å². The maximum absolute atomic E-state index is 13.8. The van der Waals surface area contributed by atoms with E-state index in [2.05, 4.69) is 16.0 Å². The number of ether oxygens (including phenoxy) is 2. The minimum absolute atomic E-state index is 0.0345. The van der Waals surface area contributed by atoms with Gasteiger partial charge in [0.15, 0.2) is 11.6 Å². The number of Topliss-reactive ketones (excluding diaryl/α,β-unsaturated/α-hetero) is 2. The summed E-state index contributed by atoms with van der Waals surface area (Å²) < 4.78 is 10.7. The summed E-state index contributed by atoms with van der Waals surface area (Å²) in [5.41, 5.74) is -0.905. The quantitative estimate of drug-likeness (QED) is 0.0886. The lowest BCUT2D eigenvalue weighted by Crippen LogP contribution is -2.45. The summed E-state index contributed by atoms with van der Waals surface area (Å²) in [6.07, 6.45) is -2.11. The molecule has 0 spiro atoms. The van der Waals surface area contributed by atoms with Crippen LogP contribution in [0.2, 0.25) is 0 Å². The largest absolute Gasteiger partial charge is 0.481 e. The van der Waals surface area contributed by atoms with E-state index in [4.69, 9.17) is 14.6 Å². The Labute approximate surface area is 334 Å². The lowest BCUT2D eigenvalue weighted by molar-refractivity contribution is -0.161. The third-order valence-corrected chi connectivity index (χ3v) is 8.23. The van der Waals surface area contributed by atoms with Crippen LogP contribution >= 0.6 is 0 Å². The fraction of sp³-hybridized carbons (Fsp3) is 0.634. The van der Waals surface area contributed by atoms with Crippen LogP contribution < -0.4 is 16.0 Å². The fourth-order valence-electron chi connectivity index (χ4n) is 5.67. The topological polar surface area (TPSA) is 249 Å². The minimum Gasteiger partial charge on any atom is -0.481 e. The molecule has 0 saturated carbocycles. The normalized spacial score (nSPS) is 13.6. The average Bonchev–Trinajstić information content (AvgIpc) is 3.07. The Morgan fingerprint density at radius 1 is 0.684 bits per heavy atom. The number of rotatable bonds is 25. The Hall–Kier alpha value is -5.15. The molecule has 5 N–H and O–H groups in total. The van der Waals surface area contributed by atoms with Gasteiger partial charge in [0.2, 0.25) is 17.7 Å². The van der Waals surface area contributed by atoms with Gasteiger partial charge in [0, 0.05) is 38.0 Å². The van der Waals surface area contributed by atoms with Gasteiger partial charge in [0.25, 0.3) is 0 Å². The molecule has 16 nitrogen and oxygen atoms in total. The summed E-state index contributed by atoms with van der Waals surface area (Å²) in [4.78, 5) is 114. The smallest absolute Gasteiger partial charge is 0.326 e. The summed E-state index contributed by atoms with van der Waals surface area (Å²) in [5, 5.41) is 25.8. The van der Waals surface area contributed by atoms with Crippen molar-refractivity contribution in [2.24, 2.45) is 17.8 Å². The monoisotopic (exact) mass is 803 g/mol. The molecule has 0 heterocycles. The van der Waals surface area contributed by atoms with E-state index in [0.29, 0.717) is 0 Å². The van der Waals surface area contributed by atoms with Gasteiger partial charge >= 0.3 is 23.9 Å². The van der Waals surface area contributed by atoms with Crippen LogP contribution in [0.3, 0.4) is 0 Å². The number of ketones is 2. The van der Waals surface area contributed by atoms with Crippen molar-refractivity contribution in [2.45, 2.75) is 143 Å². The second-order valence-corrected chi connectivity index (χ2v) is 16.5. The summed E-state index contributed by atoms with van der Waals surface area (Å²) in [6.45, 7) is 13.2. The Morgan fingerprint density at radius 2 is 1.26 bits per heavy atom. The second-order valence-electron chi connectivity index (χ2n) is 16.5. The van der Waals surface area contributed by atoms with Crippen molar-refractivity contribution in [1.29, 1.82) is 0 Å². The molecule has 0 fully saturated rings. The maximum atomic E-state index is 13.8. The summed E-state index contributed by atoms with van der Waals surface area (Å²) in [6, 6.07) is 6.49. The van der Waals surface area contributed by atoms with Gasteiger partial charge in [0.1, 0.15) is 17.2 Å². The first-order valence-corrected chi connectivity index (χ1v) is 19.2. The van der Waals surface area contributed by atoms with E-state index in [9.17, 15) is 48.3 Å². The highest BCUT2D eigenvalue weighted by atomic mass is 16.6. The molecule has 0 aliphatic rings. The molecule has 0 bridgehead atoms. The van der Waals surface area contributed by atoms with E-state index in [1.165, 1.54) is 0 Å². The highest BCUT2D eigenvalue weighted by Crippen LogP contribution is 2.21. The molecule has 0 aliphatic heterocycles. The molecule has 3 amide bonds. The van der Waals surface area contributed by atoms with Crippen molar-refractivity contribution < 1.29 is 62.8 Å². The van der Waals surface area contributed by atoms with Crippen molar-refractivity contribution in [3.05, 3.63) is 35.9 Å². The van der Waals surface area contributed by atoms with Gasteiger partial charge in [-0.3, -0.25) is 38.4 Å². The SMILES string of the molecule is CC(C)CC(CC(=O)C(Cc1ccccc1)NC(=O)CCC(=O)OC(C)(C)C)C(=O)NCC(=O)CC(CCC(=O)NC(CCC(=O)O)C(=O)O)C(=O)OC(C)(C)C. The number of carboxylic acid groups (broad SMARTS) is 2. The molecular formula is C41H61N3O13. The lowest BCUT2D eigenvalue weighted by atomic mass is 9.88. The first-order valence-electron chi connectivity index (χ1n) is 19.2. The number of esters is 2. The minimum atomic E-state index is -1.47. The third-order valence-electron chi connectivity index (χ3n) is 8.23. The molecule has 16 heteroatoms. The Bertz CT molecular complexity index is 1560. The van der Waals surface area contributed by atoms with Crippen LogP contribution in [0.15, 0.2) is 30.3 Å². The molecule has 4 unspecified atom stereocenters. The van der Waals surface area contributed by atoms with E-state index >= 15 is 0 Å². The van der Waals surface area contributed by atoms with E-state index in [-0.39, 0.29) is 57.3 Å². The molecule has 4 atom stereocenters. The Balaban J connectivity index is 3.05. The van der Waals surface area contributed by atoms with E-state index in [0.717, 1.165) is 5.56 Å². The first-order chi connectivity index (χ1) is 26.3. The maximum Gasteiger partial charge on any atom is 0.326 e. The van der Waals surface area contributed by atoms with Crippen LogP contribution in [0.1, 0.15) is 119 Å². The molecule has 57 heavy (non-hydrogen) atoms. The van der Waals surface area contributed by atoms with Gasteiger partial charge < -0.3 is 35.6 Å². The molecule has 1 aromatic rings. The van der Waals surface area contributed by atoms with Gasteiger partial charge in [-0.15, -0.1) is 0 Å². The molecule has 0 aliphatic carbocycles. The van der Waals surface area contributed by atoms with Crippen LogP contribution in [-0.4, -0.2) is 93.2 Å². The first kappa shape index (κ1) is 49.9. The number of hydrogen-bond acceptors (Lipinski definition) is 11. The van der Waals surface area contributed by atoms with Gasteiger partial charge in [-0.05, 0) is 78.7 Å². The zero-order chi connectivity index (χ0) is 43.5. The second kappa shape index (κ2) is 23.8. The average molecular weight is 804 g/mol. The molecule has 318 valence electrons. The van der Waals surface area contributed by atoms with Crippen LogP contribution in [-0.2, 0) is 59.0 Å². The number of carboxylic acids is 2. The van der Waals surface area contributed by atoms with E-state index in [1.54, 1.807) is 71.9 Å². The van der Waals surface area contributed by atoms with Crippen LogP contribution in [0.4, 0.5) is 0 Å². The van der Waals surface area contributed by atoms with Crippen molar-refractivity contribution in [3.63, 3.8) is 0 Å². The standard InChI is InChI=1S/C41H61N3O13/c1-25(2)20-28(23-32(46)31(21-26-12-10-9-11-13-26)44-34(48)17-19-36(51)56-40(3,4)5)37(52)42-24-29(45)22-27(39(55)57-41(6,7)8)14-16-33(47)43-30(38(53)54)15-18-35(49)50/h9-13,25,27-28,30-31H,14-24H2,1-8H3,(H,42,52)(H,43,47)(H,44,48)(H,49,50)(H,53,54). The third kappa shape index (κ3) is 22.9. The van der Waals surface area contributed by atoms with Crippen molar-refractivity contribution in [3.8, 4) is 0 Å². The number of benzene rings is 1. The number of amides is 3. The fourth-order valence-corrected chi connectivity index (χ4v) is 5.67. The van der Waals surface area contributed by atoms with E-state index in [1.807, 2.05) is 13.8 Å². The predicted molar refractivity (Wildman–Crippen MR) is 207 cm³/mol. The van der Waals surface area contributed by atoms with Crippen LogP contribution in [0.5, 0.6) is 0 Å². The van der Waals surface area contributed by atoms with Crippen LogP contribution in [0.25, 0.3) is 0 Å². The number of carbonyl (C=O) groups is 9. The van der Waals surface area contributed by atoms with Gasteiger partial charge in [-0.25, -0.2) is 4.79 Å². The van der Waals surface area contributed by atoms with E-state index < -0.39 is 108 Å². The summed E-state index contributed by atoms with van der Waals surface area (Å²) in [5.74, 6) is -8.95. The van der Waals surface area contributed by atoms with Gasteiger partial charge in [-0.2, -0.15) is 0 Å². The predicted octanol–water partition coefficient (Wildman–Crippen LogP) is 3.71. The number of hydrogen-bond donors (Lipinski definition) is 5. The molecule has 0 saturated heterocycles. The van der Waals surface area contributed by atoms with Crippen molar-refractivity contribution >= 4 is 53.2 Å². The lowest BCUT2D eigenvalue weighted by Gasteiger charge is -2.24. The molecule has 1 aromatic carbocycles. The van der Waals surface area contributed by atoms with Crippen LogP contribution in [0, 0.1) is 17.8 Å². The summed E-state index contributed by atoms with van der Waals surface area (Å²) in [7, 11) is 0. The highest BCUT2D eigenvalue weighted by molar-refractivity contribution is 5.94. The van der Waals surface area contributed by atoms with Crippen molar-refractivity contribution in [1.82, 2.24) is 16.0 Å². The molecule has 0 aromatic heterocycles. The number of nitrogens with one attached hydrogen (secondary N) is 3. The summed E-state index contributed by atoms with van der Waals surface area (Å²) >= 11 is 0. The zero-order valence-electron chi connectivity index (χ0n) is 34.4. The zero-order valence-corrected chi connectivity index (χ0v) is 34.4. The Morgan fingerprint density at radius 3 is 1.81 bits per heavy atom. The Kier molecular flexibility index (Phi) is 20.8. The van der Waals surface area contributed by atoms with Gasteiger partial charge in [-0.1, -0.05) is 44.2 Å². The molecule has 1 rings (SSSR count). The number of carbonyl (C=O) groups excluding carboxylic acids is 7. The highest BCUT2D eigenvalue weighted by Gasteiger charge is 2.32.